The van der Waals surface area contributed by atoms with Crippen LogP contribution in [0.15, 0.2) is 67.0 Å². The Morgan fingerprint density at radius 1 is 0.941 bits per heavy atom. The maximum Gasteiger partial charge on any atom is 0.228 e. The maximum atomic E-state index is 13.1. The molecular formula is C28H30ClN3O2. The molecule has 0 N–H and O–H groups in total. The molecule has 5 nitrogen and oxygen atoms in total. The highest BCUT2D eigenvalue weighted by atomic mass is 35.5. The molecule has 1 aliphatic rings. The van der Waals surface area contributed by atoms with E-state index in [4.69, 9.17) is 11.6 Å². The fraction of sp³-hybridized carbons (Fsp3) is 0.321. The van der Waals surface area contributed by atoms with Crippen molar-refractivity contribution < 1.29 is 9.59 Å². The Morgan fingerprint density at radius 3 is 2.21 bits per heavy atom. The molecule has 176 valence electrons. The summed E-state index contributed by atoms with van der Waals surface area (Å²) in [6.45, 7) is 9.88. The van der Waals surface area contributed by atoms with Crippen LogP contribution < -0.4 is 4.90 Å². The van der Waals surface area contributed by atoms with Gasteiger partial charge in [-0.2, -0.15) is 0 Å². The van der Waals surface area contributed by atoms with Crippen molar-refractivity contribution in [3.05, 3.63) is 94.3 Å². The molecule has 1 fully saturated rings. The standard InChI is InChI=1S/C28H30ClN3O2/c1-19-17-23(29)9-10-24(19)32-16-15-31(27(34)28(2,3)4)18-25(32)20-5-7-21(8-6-20)26(33)22-11-13-30-14-12-22/h5-14,17,25H,15-16,18H2,1-4H3/t25-/m0/s1. The second-order valence-electron chi connectivity index (χ2n) is 9.83. The fourth-order valence-corrected chi connectivity index (χ4v) is 4.71. The molecule has 0 unspecified atom stereocenters. The minimum atomic E-state index is -0.441. The average molecular weight is 476 g/mol. The molecule has 1 aliphatic heterocycles. The first-order chi connectivity index (χ1) is 16.1. The van der Waals surface area contributed by atoms with Crippen molar-refractivity contribution in [2.24, 2.45) is 5.41 Å². The lowest BCUT2D eigenvalue weighted by atomic mass is 9.92. The highest BCUT2D eigenvalue weighted by Gasteiger charge is 2.35. The molecule has 0 bridgehead atoms. The van der Waals surface area contributed by atoms with Crippen molar-refractivity contribution in [2.75, 3.05) is 24.5 Å². The highest BCUT2D eigenvalue weighted by Crippen LogP contribution is 2.35. The number of hydrogen-bond donors (Lipinski definition) is 0. The van der Waals surface area contributed by atoms with Crippen LogP contribution in [0.1, 0.15) is 53.9 Å². The van der Waals surface area contributed by atoms with Gasteiger partial charge >= 0.3 is 0 Å². The van der Waals surface area contributed by atoms with Crippen LogP contribution >= 0.6 is 11.6 Å². The molecule has 2 aromatic carbocycles. The number of amides is 1. The summed E-state index contributed by atoms with van der Waals surface area (Å²) in [6.07, 6.45) is 3.24. The maximum absolute atomic E-state index is 13.1. The van der Waals surface area contributed by atoms with E-state index in [9.17, 15) is 9.59 Å². The van der Waals surface area contributed by atoms with Gasteiger partial charge in [-0.3, -0.25) is 14.6 Å². The zero-order valence-corrected chi connectivity index (χ0v) is 20.8. The van der Waals surface area contributed by atoms with Crippen molar-refractivity contribution >= 4 is 29.0 Å². The molecule has 3 aromatic rings. The second-order valence-corrected chi connectivity index (χ2v) is 10.3. The third kappa shape index (κ3) is 5.00. The summed E-state index contributed by atoms with van der Waals surface area (Å²) in [4.78, 5) is 34.2. The van der Waals surface area contributed by atoms with Gasteiger partial charge in [-0.25, -0.2) is 0 Å². The van der Waals surface area contributed by atoms with Gasteiger partial charge in [-0.1, -0.05) is 56.6 Å². The van der Waals surface area contributed by atoms with Crippen molar-refractivity contribution in [3.63, 3.8) is 0 Å². The van der Waals surface area contributed by atoms with E-state index in [0.717, 1.165) is 16.8 Å². The zero-order chi connectivity index (χ0) is 24.5. The quantitative estimate of drug-likeness (QED) is 0.453. The zero-order valence-electron chi connectivity index (χ0n) is 20.1. The van der Waals surface area contributed by atoms with E-state index in [-0.39, 0.29) is 17.7 Å². The number of anilines is 1. The first-order valence-electron chi connectivity index (χ1n) is 11.5. The van der Waals surface area contributed by atoms with Gasteiger partial charge in [0.25, 0.3) is 0 Å². The van der Waals surface area contributed by atoms with Crippen molar-refractivity contribution in [1.29, 1.82) is 0 Å². The summed E-state index contributed by atoms with van der Waals surface area (Å²) < 4.78 is 0. The van der Waals surface area contributed by atoms with Gasteiger partial charge in [0, 0.05) is 59.3 Å². The Morgan fingerprint density at radius 2 is 1.59 bits per heavy atom. The number of ketones is 1. The minimum absolute atomic E-state index is 0.0347. The normalized spacial score (nSPS) is 16.4. The first kappa shape index (κ1) is 24.0. The van der Waals surface area contributed by atoms with Crippen LogP contribution in [-0.4, -0.2) is 41.2 Å². The first-order valence-corrected chi connectivity index (χ1v) is 11.9. The molecule has 1 atom stereocenters. The van der Waals surface area contributed by atoms with Gasteiger partial charge < -0.3 is 9.80 Å². The topological polar surface area (TPSA) is 53.5 Å². The number of nitrogens with zero attached hydrogens (tertiary/aromatic N) is 3. The second kappa shape index (κ2) is 9.59. The van der Waals surface area contributed by atoms with E-state index in [0.29, 0.717) is 35.8 Å². The third-order valence-corrected chi connectivity index (χ3v) is 6.51. The van der Waals surface area contributed by atoms with E-state index in [1.807, 2.05) is 68.1 Å². The van der Waals surface area contributed by atoms with Crippen LogP contribution in [0, 0.1) is 12.3 Å². The minimum Gasteiger partial charge on any atom is -0.361 e. The predicted molar refractivity (Wildman–Crippen MR) is 136 cm³/mol. The summed E-state index contributed by atoms with van der Waals surface area (Å²) in [5, 5.41) is 0.707. The van der Waals surface area contributed by atoms with E-state index >= 15 is 0 Å². The Hall–Kier alpha value is -3.18. The molecule has 1 saturated heterocycles. The predicted octanol–water partition coefficient (Wildman–Crippen LogP) is 5.71. The molecule has 4 rings (SSSR count). The number of aromatic nitrogens is 1. The van der Waals surface area contributed by atoms with Crippen LogP contribution in [0.25, 0.3) is 0 Å². The molecule has 0 spiro atoms. The molecule has 2 heterocycles. The van der Waals surface area contributed by atoms with E-state index in [2.05, 4.69) is 16.8 Å². The van der Waals surface area contributed by atoms with Crippen LogP contribution in [0.3, 0.4) is 0 Å². The SMILES string of the molecule is Cc1cc(Cl)ccc1N1CCN(C(=O)C(C)(C)C)C[C@H]1c1ccc(C(=O)c2ccncc2)cc1. The van der Waals surface area contributed by atoms with Gasteiger partial charge in [0.2, 0.25) is 5.91 Å². The van der Waals surface area contributed by atoms with Gasteiger partial charge in [-0.05, 0) is 48.4 Å². The molecule has 1 amide bonds. The number of carbonyl (C=O) groups is 2. The number of hydrogen-bond acceptors (Lipinski definition) is 4. The lowest BCUT2D eigenvalue weighted by Gasteiger charge is -2.45. The van der Waals surface area contributed by atoms with Crippen LogP contribution in [0.5, 0.6) is 0 Å². The van der Waals surface area contributed by atoms with Crippen LogP contribution in [-0.2, 0) is 4.79 Å². The molecule has 6 heteroatoms. The molecule has 1 aromatic heterocycles. The molecule has 34 heavy (non-hydrogen) atoms. The lowest BCUT2D eigenvalue weighted by molar-refractivity contribution is -0.140. The van der Waals surface area contributed by atoms with Crippen molar-refractivity contribution in [3.8, 4) is 0 Å². The van der Waals surface area contributed by atoms with Gasteiger partial charge in [-0.15, -0.1) is 0 Å². The highest BCUT2D eigenvalue weighted by molar-refractivity contribution is 6.30. The molecule has 0 aliphatic carbocycles. The summed E-state index contributed by atoms with van der Waals surface area (Å²) in [5.74, 6) is 0.113. The number of halogens is 1. The summed E-state index contributed by atoms with van der Waals surface area (Å²) in [7, 11) is 0. The smallest absolute Gasteiger partial charge is 0.228 e. The van der Waals surface area contributed by atoms with Crippen LogP contribution in [0.4, 0.5) is 5.69 Å². The van der Waals surface area contributed by atoms with E-state index in [1.165, 1.54) is 0 Å². The number of benzene rings is 2. The average Bonchev–Trinajstić information content (AvgIpc) is 2.83. The van der Waals surface area contributed by atoms with Crippen LogP contribution in [0.2, 0.25) is 5.02 Å². The fourth-order valence-electron chi connectivity index (χ4n) is 4.48. The third-order valence-electron chi connectivity index (χ3n) is 6.28. The molecular weight excluding hydrogens is 446 g/mol. The van der Waals surface area contributed by atoms with E-state index < -0.39 is 5.41 Å². The number of piperazine rings is 1. The monoisotopic (exact) mass is 475 g/mol. The van der Waals surface area contributed by atoms with E-state index in [1.54, 1.807) is 24.5 Å². The largest absolute Gasteiger partial charge is 0.361 e. The van der Waals surface area contributed by atoms with Crippen molar-refractivity contribution in [2.45, 2.75) is 33.7 Å². The number of carbonyl (C=O) groups excluding carboxylic acids is 2. The number of pyridine rings is 1. The van der Waals surface area contributed by atoms with Gasteiger partial charge in [0.05, 0.1) is 6.04 Å². The molecule has 0 radical (unpaired) electrons. The lowest BCUT2D eigenvalue weighted by Crippen LogP contribution is -2.53. The summed E-state index contributed by atoms with van der Waals surface area (Å²) >= 11 is 6.21. The Balaban J connectivity index is 1.67. The Labute approximate surface area is 206 Å². The Kier molecular flexibility index (Phi) is 6.76. The number of aryl methyl sites for hydroxylation is 1. The molecule has 0 saturated carbocycles. The summed E-state index contributed by atoms with van der Waals surface area (Å²) in [6, 6.07) is 17.1. The van der Waals surface area contributed by atoms with Gasteiger partial charge in [0.1, 0.15) is 0 Å². The van der Waals surface area contributed by atoms with Gasteiger partial charge in [0.15, 0.2) is 5.78 Å². The summed E-state index contributed by atoms with van der Waals surface area (Å²) in [5.41, 5.74) is 4.06. The van der Waals surface area contributed by atoms with Crippen molar-refractivity contribution in [1.82, 2.24) is 9.88 Å². The number of rotatable bonds is 4. The Bertz CT molecular complexity index is 1190.